The zero-order valence-corrected chi connectivity index (χ0v) is 11.4. The number of alkyl halides is 6. The van der Waals surface area contributed by atoms with Crippen LogP contribution in [0.25, 0.3) is 0 Å². The summed E-state index contributed by atoms with van der Waals surface area (Å²) in [5.74, 6) is -4.92. The smallest absolute Gasteiger partial charge is 0.406 e. The van der Waals surface area contributed by atoms with Crippen LogP contribution in [0, 0.1) is 0 Å². The SMILES string of the molecule is O=C(CBr)NCC(F)(F)c1cccc(OC(F)(F)F)c1. The van der Waals surface area contributed by atoms with Crippen molar-refractivity contribution in [2.75, 3.05) is 11.9 Å². The molecule has 0 atom stereocenters. The van der Waals surface area contributed by atoms with Crippen LogP contribution in [0.15, 0.2) is 24.3 Å². The van der Waals surface area contributed by atoms with Gasteiger partial charge in [0.25, 0.3) is 5.92 Å². The fourth-order valence-electron chi connectivity index (χ4n) is 1.28. The first kappa shape index (κ1) is 16.7. The van der Waals surface area contributed by atoms with Crippen LogP contribution in [-0.4, -0.2) is 24.1 Å². The number of benzene rings is 1. The minimum absolute atomic E-state index is 0.152. The normalized spacial score (nSPS) is 12.1. The Labute approximate surface area is 119 Å². The van der Waals surface area contributed by atoms with Gasteiger partial charge in [0, 0.05) is 5.56 Å². The zero-order chi connectivity index (χ0) is 15.4. The summed E-state index contributed by atoms with van der Waals surface area (Å²) in [4.78, 5) is 10.9. The van der Waals surface area contributed by atoms with Crippen molar-refractivity contribution in [3.05, 3.63) is 29.8 Å². The van der Waals surface area contributed by atoms with Crippen LogP contribution in [-0.2, 0) is 10.7 Å². The van der Waals surface area contributed by atoms with Crippen molar-refractivity contribution in [2.45, 2.75) is 12.3 Å². The molecule has 20 heavy (non-hydrogen) atoms. The number of ether oxygens (including phenoxy) is 1. The van der Waals surface area contributed by atoms with Gasteiger partial charge in [0.15, 0.2) is 0 Å². The molecule has 0 radical (unpaired) electrons. The third-order valence-corrected chi connectivity index (χ3v) is 2.63. The van der Waals surface area contributed by atoms with Crippen LogP contribution < -0.4 is 10.1 Å². The van der Waals surface area contributed by atoms with Crippen LogP contribution >= 0.6 is 15.9 Å². The van der Waals surface area contributed by atoms with E-state index in [-0.39, 0.29) is 5.33 Å². The fourth-order valence-corrected chi connectivity index (χ4v) is 1.48. The minimum atomic E-state index is -4.96. The first-order valence-corrected chi connectivity index (χ1v) is 6.33. The molecule has 1 rings (SSSR count). The molecule has 0 saturated heterocycles. The van der Waals surface area contributed by atoms with Crippen LogP contribution in [0.2, 0.25) is 0 Å². The Hall–Kier alpha value is -1.38. The number of hydrogen-bond acceptors (Lipinski definition) is 2. The van der Waals surface area contributed by atoms with Gasteiger partial charge in [-0.3, -0.25) is 4.79 Å². The molecular weight excluding hydrogens is 353 g/mol. The maximum Gasteiger partial charge on any atom is 0.573 e. The molecule has 0 unspecified atom stereocenters. The Bertz CT molecular complexity index is 478. The quantitative estimate of drug-likeness (QED) is 0.646. The minimum Gasteiger partial charge on any atom is -0.406 e. The predicted molar refractivity (Wildman–Crippen MR) is 63.8 cm³/mol. The summed E-state index contributed by atoms with van der Waals surface area (Å²) in [6.07, 6.45) is -4.96. The van der Waals surface area contributed by atoms with Gasteiger partial charge < -0.3 is 10.1 Å². The molecule has 0 saturated carbocycles. The summed E-state index contributed by atoms with van der Waals surface area (Å²) in [7, 11) is 0. The van der Waals surface area contributed by atoms with Crippen molar-refractivity contribution in [3.8, 4) is 5.75 Å². The van der Waals surface area contributed by atoms with E-state index in [1.807, 2.05) is 5.32 Å². The molecule has 0 bridgehead atoms. The van der Waals surface area contributed by atoms with Gasteiger partial charge in [-0.25, -0.2) is 0 Å². The second-order valence-electron chi connectivity index (χ2n) is 3.69. The number of amides is 1. The van der Waals surface area contributed by atoms with Gasteiger partial charge in [-0.2, -0.15) is 8.78 Å². The van der Waals surface area contributed by atoms with E-state index < -0.39 is 36.0 Å². The molecule has 1 aromatic rings. The molecule has 0 aliphatic heterocycles. The third kappa shape index (κ3) is 5.32. The fraction of sp³-hybridized carbons (Fsp3) is 0.364. The molecule has 1 N–H and O–H groups in total. The van der Waals surface area contributed by atoms with E-state index in [1.165, 1.54) is 0 Å². The zero-order valence-electron chi connectivity index (χ0n) is 9.81. The number of carbonyl (C=O) groups excluding carboxylic acids is 1. The lowest BCUT2D eigenvalue weighted by Gasteiger charge is -2.18. The van der Waals surface area contributed by atoms with Crippen molar-refractivity contribution in [1.82, 2.24) is 5.32 Å². The Balaban J connectivity index is 2.84. The summed E-state index contributed by atoms with van der Waals surface area (Å²) in [6, 6.07) is 3.44. The van der Waals surface area contributed by atoms with Crippen molar-refractivity contribution in [3.63, 3.8) is 0 Å². The maximum atomic E-state index is 13.7. The van der Waals surface area contributed by atoms with Gasteiger partial charge in [-0.1, -0.05) is 28.1 Å². The Kier molecular flexibility index (Phi) is 5.32. The molecule has 1 aromatic carbocycles. The lowest BCUT2D eigenvalue weighted by molar-refractivity contribution is -0.274. The molecule has 0 aliphatic carbocycles. The van der Waals surface area contributed by atoms with Gasteiger partial charge in [0.1, 0.15) is 5.75 Å². The average Bonchev–Trinajstić information content (AvgIpc) is 2.34. The summed E-state index contributed by atoms with van der Waals surface area (Å²) >= 11 is 2.78. The van der Waals surface area contributed by atoms with Crippen molar-refractivity contribution >= 4 is 21.8 Å². The molecular formula is C11H9BrF5NO2. The highest BCUT2D eigenvalue weighted by Crippen LogP contribution is 2.31. The molecule has 112 valence electrons. The topological polar surface area (TPSA) is 38.3 Å². The summed E-state index contributed by atoms with van der Waals surface area (Å²) in [5, 5.41) is 1.79. The van der Waals surface area contributed by atoms with Crippen molar-refractivity contribution < 1.29 is 31.5 Å². The van der Waals surface area contributed by atoms with Gasteiger partial charge in [-0.15, -0.1) is 13.2 Å². The van der Waals surface area contributed by atoms with Gasteiger partial charge >= 0.3 is 6.36 Å². The molecule has 1 amide bonds. The van der Waals surface area contributed by atoms with E-state index in [1.54, 1.807) is 0 Å². The lowest BCUT2D eigenvalue weighted by atomic mass is 10.1. The highest BCUT2D eigenvalue weighted by atomic mass is 79.9. The van der Waals surface area contributed by atoms with Crippen molar-refractivity contribution in [2.24, 2.45) is 0 Å². The standard InChI is InChI=1S/C11H9BrF5NO2/c12-5-9(19)18-6-10(13,14)7-2-1-3-8(4-7)20-11(15,16)17/h1-4H,5-6H2,(H,18,19). The molecule has 0 spiro atoms. The summed E-state index contributed by atoms with van der Waals surface area (Å²) < 4.78 is 66.9. The lowest BCUT2D eigenvalue weighted by Crippen LogP contribution is -2.35. The molecule has 0 aromatic heterocycles. The number of carbonyl (C=O) groups is 1. The second kappa shape index (κ2) is 6.38. The largest absolute Gasteiger partial charge is 0.573 e. The summed E-state index contributed by atoms with van der Waals surface area (Å²) in [5.41, 5.74) is -0.686. The second-order valence-corrected chi connectivity index (χ2v) is 4.25. The van der Waals surface area contributed by atoms with E-state index in [4.69, 9.17) is 0 Å². The van der Waals surface area contributed by atoms with E-state index in [0.29, 0.717) is 6.07 Å². The molecule has 0 aliphatic rings. The maximum absolute atomic E-state index is 13.7. The van der Waals surface area contributed by atoms with Crippen LogP contribution in [0.1, 0.15) is 5.56 Å². The number of rotatable bonds is 5. The Morgan fingerprint density at radius 1 is 1.25 bits per heavy atom. The highest BCUT2D eigenvalue weighted by molar-refractivity contribution is 9.09. The highest BCUT2D eigenvalue weighted by Gasteiger charge is 2.34. The van der Waals surface area contributed by atoms with E-state index >= 15 is 0 Å². The average molecular weight is 362 g/mol. The number of nitrogens with one attached hydrogen (secondary N) is 1. The third-order valence-electron chi connectivity index (χ3n) is 2.12. The first-order valence-electron chi connectivity index (χ1n) is 5.21. The molecule has 3 nitrogen and oxygen atoms in total. The Morgan fingerprint density at radius 3 is 2.45 bits per heavy atom. The van der Waals surface area contributed by atoms with E-state index in [2.05, 4.69) is 20.7 Å². The first-order chi connectivity index (χ1) is 9.14. The molecule has 0 heterocycles. The van der Waals surface area contributed by atoms with Gasteiger partial charge in [-0.05, 0) is 12.1 Å². The van der Waals surface area contributed by atoms with Gasteiger partial charge in [0.05, 0.1) is 11.9 Å². The van der Waals surface area contributed by atoms with Crippen molar-refractivity contribution in [1.29, 1.82) is 0 Å². The summed E-state index contributed by atoms with van der Waals surface area (Å²) in [6.45, 7) is -1.02. The predicted octanol–water partition coefficient (Wildman–Crippen LogP) is 3.19. The monoisotopic (exact) mass is 361 g/mol. The molecule has 0 fully saturated rings. The van der Waals surface area contributed by atoms with E-state index in [9.17, 15) is 26.7 Å². The number of hydrogen-bond donors (Lipinski definition) is 1. The molecule has 9 heteroatoms. The van der Waals surface area contributed by atoms with Crippen LogP contribution in [0.5, 0.6) is 5.75 Å². The Morgan fingerprint density at radius 2 is 1.90 bits per heavy atom. The van der Waals surface area contributed by atoms with Crippen LogP contribution in [0.4, 0.5) is 22.0 Å². The van der Waals surface area contributed by atoms with Gasteiger partial charge in [0.2, 0.25) is 5.91 Å². The van der Waals surface area contributed by atoms with Crippen LogP contribution in [0.3, 0.4) is 0 Å². The van der Waals surface area contributed by atoms with E-state index in [0.717, 1.165) is 18.2 Å². The number of halogens is 6.